The molecule has 1 heterocycles. The van der Waals surface area contributed by atoms with Crippen molar-refractivity contribution >= 4 is 18.0 Å². The van der Waals surface area contributed by atoms with Gasteiger partial charge >= 0.3 is 12.1 Å². The predicted molar refractivity (Wildman–Crippen MR) is 123 cm³/mol. The molecular formula is C26H28N2O6. The average Bonchev–Trinajstić information content (AvgIpc) is 3.54. The molecule has 178 valence electrons. The van der Waals surface area contributed by atoms with Gasteiger partial charge in [0.2, 0.25) is 5.91 Å². The molecule has 0 radical (unpaired) electrons. The molecule has 34 heavy (non-hydrogen) atoms. The van der Waals surface area contributed by atoms with Crippen LogP contribution in [0, 0.1) is 0 Å². The number of hydrogen-bond acceptors (Lipinski definition) is 5. The molecule has 0 atom stereocenters. The van der Waals surface area contributed by atoms with Gasteiger partial charge in [-0.1, -0.05) is 48.5 Å². The first kappa shape index (κ1) is 22.4. The Labute approximate surface area is 197 Å². The molecule has 2 fully saturated rings. The number of nitrogens with one attached hydrogen (secondary N) is 2. The topological polar surface area (TPSA) is 114 Å². The number of ether oxygens (including phenoxy) is 2. The second-order valence-corrected chi connectivity index (χ2v) is 9.46. The Kier molecular flexibility index (Phi) is 5.77. The van der Waals surface area contributed by atoms with Crippen molar-refractivity contribution in [2.75, 3.05) is 19.8 Å². The van der Waals surface area contributed by atoms with Crippen LogP contribution in [-0.2, 0) is 19.1 Å². The maximum Gasteiger partial charge on any atom is 0.407 e. The Morgan fingerprint density at radius 3 is 2.06 bits per heavy atom. The zero-order valence-electron chi connectivity index (χ0n) is 18.8. The maximum absolute atomic E-state index is 12.9. The molecule has 2 aliphatic carbocycles. The Morgan fingerprint density at radius 2 is 1.50 bits per heavy atom. The summed E-state index contributed by atoms with van der Waals surface area (Å²) in [5, 5.41) is 14.9. The van der Waals surface area contributed by atoms with Crippen LogP contribution in [0.1, 0.15) is 49.1 Å². The van der Waals surface area contributed by atoms with Crippen LogP contribution >= 0.6 is 0 Å². The largest absolute Gasteiger partial charge is 0.480 e. The van der Waals surface area contributed by atoms with Crippen molar-refractivity contribution in [3.8, 4) is 11.1 Å². The molecule has 1 aliphatic heterocycles. The molecule has 0 aromatic heterocycles. The molecule has 0 unspecified atom stereocenters. The molecule has 3 aliphatic rings. The lowest BCUT2D eigenvalue weighted by molar-refractivity contribution is -0.143. The molecule has 2 aromatic carbocycles. The maximum atomic E-state index is 12.9. The standard InChI is InChI=1S/C26H28N2O6/c29-22(27-26(9-10-26)23(30)31)15-25(11-13-33-14-12-25)28-24(32)34-16-21-19-7-3-1-5-17(19)18-6-2-4-8-20(18)21/h1-8,21H,9-16H2,(H,27,29)(H,28,32)(H,30,31). The van der Waals surface area contributed by atoms with E-state index < -0.39 is 23.1 Å². The summed E-state index contributed by atoms with van der Waals surface area (Å²) in [6, 6.07) is 16.2. The van der Waals surface area contributed by atoms with Crippen LogP contribution < -0.4 is 10.6 Å². The van der Waals surface area contributed by atoms with Crippen molar-refractivity contribution in [1.82, 2.24) is 10.6 Å². The lowest BCUT2D eigenvalue weighted by Crippen LogP contribution is -2.56. The SMILES string of the molecule is O=C(CC1(NC(=O)OCC2c3ccccc3-c3ccccc32)CCOCC1)NC1(C(=O)O)CC1. The molecular weight excluding hydrogens is 436 g/mol. The summed E-state index contributed by atoms with van der Waals surface area (Å²) in [6.45, 7) is 0.989. The molecule has 2 aromatic rings. The Bertz CT molecular complexity index is 1070. The summed E-state index contributed by atoms with van der Waals surface area (Å²) in [6.07, 6.45) is 1.13. The third kappa shape index (κ3) is 4.25. The highest BCUT2D eigenvalue weighted by molar-refractivity contribution is 5.90. The van der Waals surface area contributed by atoms with Gasteiger partial charge in [-0.2, -0.15) is 0 Å². The molecule has 5 rings (SSSR count). The normalized spacial score (nSPS) is 19.4. The predicted octanol–water partition coefficient (Wildman–Crippen LogP) is 3.20. The van der Waals surface area contributed by atoms with E-state index in [9.17, 15) is 19.5 Å². The number of carboxylic acids is 1. The minimum Gasteiger partial charge on any atom is -0.480 e. The summed E-state index contributed by atoms with van der Waals surface area (Å²) in [5.74, 6) is -1.47. The molecule has 0 spiro atoms. The summed E-state index contributed by atoms with van der Waals surface area (Å²) >= 11 is 0. The molecule has 2 amide bonds. The molecule has 8 heteroatoms. The number of benzene rings is 2. The number of carboxylic acid groups (broad SMARTS) is 1. The number of fused-ring (bicyclic) bond motifs is 3. The van der Waals surface area contributed by atoms with Crippen LogP contribution in [0.2, 0.25) is 0 Å². The average molecular weight is 465 g/mol. The van der Waals surface area contributed by atoms with E-state index in [0.717, 1.165) is 22.3 Å². The summed E-state index contributed by atoms with van der Waals surface area (Å²) in [7, 11) is 0. The second-order valence-electron chi connectivity index (χ2n) is 9.46. The fraction of sp³-hybridized carbons (Fsp3) is 0.423. The first-order valence-electron chi connectivity index (χ1n) is 11.7. The van der Waals surface area contributed by atoms with Crippen molar-refractivity contribution < 1.29 is 29.0 Å². The van der Waals surface area contributed by atoms with E-state index in [-0.39, 0.29) is 24.9 Å². The molecule has 8 nitrogen and oxygen atoms in total. The van der Waals surface area contributed by atoms with Crippen LogP contribution in [0.25, 0.3) is 11.1 Å². The van der Waals surface area contributed by atoms with Gasteiger partial charge in [-0.15, -0.1) is 0 Å². The van der Waals surface area contributed by atoms with Crippen LogP contribution in [0.3, 0.4) is 0 Å². The van der Waals surface area contributed by atoms with E-state index >= 15 is 0 Å². The van der Waals surface area contributed by atoms with E-state index in [2.05, 4.69) is 34.9 Å². The monoisotopic (exact) mass is 464 g/mol. The van der Waals surface area contributed by atoms with E-state index in [1.165, 1.54) is 0 Å². The van der Waals surface area contributed by atoms with Crippen molar-refractivity contribution in [1.29, 1.82) is 0 Å². The zero-order valence-corrected chi connectivity index (χ0v) is 18.8. The zero-order chi connectivity index (χ0) is 23.8. The summed E-state index contributed by atoms with van der Waals surface area (Å²) in [5.41, 5.74) is 2.56. The van der Waals surface area contributed by atoms with Gasteiger partial charge in [0.15, 0.2) is 0 Å². The molecule has 1 saturated heterocycles. The van der Waals surface area contributed by atoms with E-state index in [0.29, 0.717) is 38.9 Å². The van der Waals surface area contributed by atoms with Gasteiger partial charge in [-0.3, -0.25) is 4.79 Å². The Hall–Kier alpha value is -3.39. The van der Waals surface area contributed by atoms with Gasteiger partial charge in [-0.25, -0.2) is 9.59 Å². The summed E-state index contributed by atoms with van der Waals surface area (Å²) < 4.78 is 11.1. The fourth-order valence-electron chi connectivity index (χ4n) is 5.09. The van der Waals surface area contributed by atoms with Crippen molar-refractivity contribution in [2.24, 2.45) is 0 Å². The van der Waals surface area contributed by atoms with Crippen LogP contribution in [-0.4, -0.2) is 54.0 Å². The van der Waals surface area contributed by atoms with Gasteiger partial charge in [0, 0.05) is 19.1 Å². The molecule has 0 bridgehead atoms. The highest BCUT2D eigenvalue weighted by Gasteiger charge is 2.52. The van der Waals surface area contributed by atoms with Crippen molar-refractivity contribution in [3.05, 3.63) is 59.7 Å². The van der Waals surface area contributed by atoms with E-state index in [1.807, 2.05) is 24.3 Å². The third-order valence-electron chi connectivity index (χ3n) is 7.20. The number of amides is 2. The Morgan fingerprint density at radius 1 is 0.912 bits per heavy atom. The number of hydrogen-bond donors (Lipinski definition) is 3. The van der Waals surface area contributed by atoms with Gasteiger partial charge in [0.25, 0.3) is 0 Å². The van der Waals surface area contributed by atoms with E-state index in [4.69, 9.17) is 9.47 Å². The first-order valence-corrected chi connectivity index (χ1v) is 11.7. The minimum absolute atomic E-state index is 0.0183. The van der Waals surface area contributed by atoms with Crippen LogP contribution in [0.15, 0.2) is 48.5 Å². The number of carbonyl (C=O) groups excluding carboxylic acids is 2. The van der Waals surface area contributed by atoms with Gasteiger partial charge in [0.05, 0.1) is 12.0 Å². The van der Waals surface area contributed by atoms with Crippen molar-refractivity contribution in [2.45, 2.75) is 49.1 Å². The van der Waals surface area contributed by atoms with Crippen molar-refractivity contribution in [3.63, 3.8) is 0 Å². The second kappa shape index (κ2) is 8.76. The quantitative estimate of drug-likeness (QED) is 0.580. The highest BCUT2D eigenvalue weighted by atomic mass is 16.5. The third-order valence-corrected chi connectivity index (χ3v) is 7.20. The molecule has 1 saturated carbocycles. The Balaban J connectivity index is 1.25. The lowest BCUT2D eigenvalue weighted by Gasteiger charge is -2.37. The summed E-state index contributed by atoms with van der Waals surface area (Å²) in [4.78, 5) is 37.0. The fourth-order valence-corrected chi connectivity index (χ4v) is 5.09. The molecule has 3 N–H and O–H groups in total. The minimum atomic E-state index is -1.16. The first-order chi connectivity index (χ1) is 16.4. The number of carbonyl (C=O) groups is 3. The van der Waals surface area contributed by atoms with Crippen LogP contribution in [0.4, 0.5) is 4.79 Å². The van der Waals surface area contributed by atoms with E-state index in [1.54, 1.807) is 0 Å². The number of alkyl carbamates (subject to hydrolysis) is 1. The van der Waals surface area contributed by atoms with Crippen LogP contribution in [0.5, 0.6) is 0 Å². The highest BCUT2D eigenvalue weighted by Crippen LogP contribution is 2.44. The number of aliphatic carboxylic acids is 1. The lowest BCUT2D eigenvalue weighted by atomic mass is 9.86. The van der Waals surface area contributed by atoms with Gasteiger partial charge in [0.1, 0.15) is 12.1 Å². The van der Waals surface area contributed by atoms with Gasteiger partial charge in [-0.05, 0) is 47.9 Å². The number of rotatable bonds is 7. The van der Waals surface area contributed by atoms with Gasteiger partial charge < -0.3 is 25.2 Å². The smallest absolute Gasteiger partial charge is 0.407 e.